The number of benzene rings is 1. The van der Waals surface area contributed by atoms with Crippen molar-refractivity contribution in [2.75, 3.05) is 5.32 Å². The molecule has 4 heterocycles. The number of hydrogen-bond donors (Lipinski definition) is 3. The molecule has 0 bridgehead atoms. The summed E-state index contributed by atoms with van der Waals surface area (Å²) in [6.45, 7) is 8.54. The van der Waals surface area contributed by atoms with E-state index < -0.39 is 5.54 Å². The number of carbonyl (C=O) groups is 1. The molecular formula is C25H27N7OS. The summed E-state index contributed by atoms with van der Waals surface area (Å²) < 4.78 is 1.01. The van der Waals surface area contributed by atoms with Gasteiger partial charge in [-0.05, 0) is 45.7 Å². The van der Waals surface area contributed by atoms with E-state index in [-0.39, 0.29) is 12.1 Å². The quantitative estimate of drug-likeness (QED) is 0.383. The van der Waals surface area contributed by atoms with Crippen molar-refractivity contribution in [1.29, 1.82) is 0 Å². The highest BCUT2D eigenvalue weighted by atomic mass is 32.1. The van der Waals surface area contributed by atoms with Gasteiger partial charge in [0.15, 0.2) is 11.6 Å². The van der Waals surface area contributed by atoms with Crippen molar-refractivity contribution < 1.29 is 4.79 Å². The first kappa shape index (κ1) is 21.1. The molecule has 8 nitrogen and oxygen atoms in total. The van der Waals surface area contributed by atoms with Gasteiger partial charge in [0.05, 0.1) is 28.0 Å². The minimum atomic E-state index is -0.500. The van der Waals surface area contributed by atoms with Gasteiger partial charge in [-0.3, -0.25) is 5.10 Å². The number of hydrogen-bond acceptors (Lipinski definition) is 6. The number of thiophene rings is 1. The van der Waals surface area contributed by atoms with Crippen molar-refractivity contribution in [3.8, 4) is 0 Å². The standard InChI is InChI=1S/C25H27N7OS/c1-13-10-19-20(34-13)23(27-14(2)26-19)29-22-17-12-32(25(3,4)21(17)30-31-22)24(33)28-18-11-16(18)15-8-6-5-7-9-15/h5-10,16,18H,11-12H2,1-4H3,(H,28,33)(H2,26,27,29,30,31)/t16-,18+/m0/s1. The number of aromatic nitrogens is 4. The number of anilines is 2. The summed E-state index contributed by atoms with van der Waals surface area (Å²) >= 11 is 1.66. The highest BCUT2D eigenvalue weighted by Gasteiger charge is 2.46. The number of carbonyl (C=O) groups excluding carboxylic acids is 1. The molecule has 1 aliphatic carbocycles. The molecule has 2 atom stereocenters. The van der Waals surface area contributed by atoms with Crippen LogP contribution in [0.2, 0.25) is 0 Å². The average molecular weight is 474 g/mol. The smallest absolute Gasteiger partial charge is 0.318 e. The van der Waals surface area contributed by atoms with E-state index in [0.29, 0.717) is 24.1 Å². The molecule has 1 aliphatic heterocycles. The fourth-order valence-corrected chi connectivity index (χ4v) is 5.86. The molecule has 2 amide bonds. The largest absolute Gasteiger partial charge is 0.335 e. The van der Waals surface area contributed by atoms with Crippen LogP contribution in [0.5, 0.6) is 0 Å². The van der Waals surface area contributed by atoms with Gasteiger partial charge in [0.1, 0.15) is 5.82 Å². The van der Waals surface area contributed by atoms with Gasteiger partial charge >= 0.3 is 6.03 Å². The topological polar surface area (TPSA) is 98.8 Å². The second kappa shape index (κ2) is 7.53. The Morgan fingerprint density at radius 3 is 2.76 bits per heavy atom. The maximum atomic E-state index is 13.3. The van der Waals surface area contributed by atoms with Crippen LogP contribution in [-0.2, 0) is 12.1 Å². The van der Waals surface area contributed by atoms with Crippen LogP contribution in [0.3, 0.4) is 0 Å². The first-order valence-electron chi connectivity index (χ1n) is 11.5. The lowest BCUT2D eigenvalue weighted by Crippen LogP contribution is -2.47. The molecule has 0 unspecified atom stereocenters. The predicted octanol–water partition coefficient (Wildman–Crippen LogP) is 5.09. The number of rotatable bonds is 4. The van der Waals surface area contributed by atoms with Crippen LogP contribution in [-0.4, -0.2) is 37.1 Å². The zero-order chi connectivity index (χ0) is 23.6. The molecule has 9 heteroatoms. The maximum absolute atomic E-state index is 13.3. The molecule has 1 saturated carbocycles. The summed E-state index contributed by atoms with van der Waals surface area (Å²) in [6, 6.07) is 12.6. The highest BCUT2D eigenvalue weighted by molar-refractivity contribution is 7.19. The maximum Gasteiger partial charge on any atom is 0.318 e. The third kappa shape index (κ3) is 3.42. The zero-order valence-electron chi connectivity index (χ0n) is 19.6. The van der Waals surface area contributed by atoms with Gasteiger partial charge in [-0.1, -0.05) is 30.3 Å². The third-order valence-electron chi connectivity index (χ3n) is 6.89. The molecule has 174 valence electrons. The highest BCUT2D eigenvalue weighted by Crippen LogP contribution is 2.44. The average Bonchev–Trinajstić information content (AvgIpc) is 3.13. The fourth-order valence-electron chi connectivity index (χ4n) is 4.97. The van der Waals surface area contributed by atoms with Crippen LogP contribution in [0.25, 0.3) is 10.2 Å². The molecule has 1 aromatic carbocycles. The number of fused-ring (bicyclic) bond motifs is 2. The van der Waals surface area contributed by atoms with Gasteiger partial charge in [0, 0.05) is 22.4 Å². The predicted molar refractivity (Wildman–Crippen MR) is 133 cm³/mol. The Labute approximate surface area is 201 Å². The lowest BCUT2D eigenvalue weighted by atomic mass is 10.0. The van der Waals surface area contributed by atoms with E-state index in [2.05, 4.69) is 81.9 Å². The molecule has 1 fully saturated rings. The minimum absolute atomic E-state index is 0.0434. The number of H-pyrrole nitrogens is 1. The Bertz CT molecular complexity index is 1410. The summed E-state index contributed by atoms with van der Waals surface area (Å²) in [5.41, 5.74) is 3.66. The van der Waals surface area contributed by atoms with Crippen LogP contribution >= 0.6 is 11.3 Å². The van der Waals surface area contributed by atoms with E-state index in [9.17, 15) is 4.79 Å². The first-order chi connectivity index (χ1) is 16.3. The molecule has 6 rings (SSSR count). The van der Waals surface area contributed by atoms with Crippen LogP contribution in [0.15, 0.2) is 36.4 Å². The van der Waals surface area contributed by atoms with Gasteiger partial charge < -0.3 is 15.5 Å². The van der Waals surface area contributed by atoms with Gasteiger partial charge in [-0.2, -0.15) is 5.10 Å². The van der Waals surface area contributed by atoms with Crippen LogP contribution < -0.4 is 10.6 Å². The summed E-state index contributed by atoms with van der Waals surface area (Å²) in [4.78, 5) is 25.5. The first-order valence-corrected chi connectivity index (χ1v) is 12.4. The fraction of sp³-hybridized carbons (Fsp3) is 0.360. The number of nitrogens with zero attached hydrogens (tertiary/aromatic N) is 4. The van der Waals surface area contributed by atoms with Gasteiger partial charge in [-0.15, -0.1) is 11.3 Å². The molecule has 0 spiro atoms. The number of nitrogens with one attached hydrogen (secondary N) is 3. The van der Waals surface area contributed by atoms with E-state index >= 15 is 0 Å². The molecule has 4 aromatic rings. The Morgan fingerprint density at radius 2 is 1.97 bits per heavy atom. The lowest BCUT2D eigenvalue weighted by Gasteiger charge is -2.32. The third-order valence-corrected chi connectivity index (χ3v) is 7.93. The Kier molecular flexibility index (Phi) is 4.67. The molecule has 34 heavy (non-hydrogen) atoms. The molecule has 3 N–H and O–H groups in total. The Morgan fingerprint density at radius 1 is 1.18 bits per heavy atom. The van der Waals surface area contributed by atoms with Crippen LogP contribution in [0, 0.1) is 13.8 Å². The normalized spacial score (nSPS) is 20.4. The SMILES string of the molecule is Cc1nc(Nc2n[nH]c3c2CN(C(=O)N[C@@H]2C[C@H]2c2ccccc2)C3(C)C)c2sc(C)cc2n1. The summed E-state index contributed by atoms with van der Waals surface area (Å²) in [6.07, 6.45) is 0.979. The van der Waals surface area contributed by atoms with Crippen molar-refractivity contribution in [3.63, 3.8) is 0 Å². The van der Waals surface area contributed by atoms with Crippen LogP contribution in [0.4, 0.5) is 16.4 Å². The number of aryl methyl sites for hydroxylation is 2. The van der Waals surface area contributed by atoms with E-state index in [1.165, 1.54) is 10.4 Å². The molecule has 0 saturated heterocycles. The summed E-state index contributed by atoms with van der Waals surface area (Å²) in [5, 5.41) is 14.4. The lowest BCUT2D eigenvalue weighted by molar-refractivity contribution is 0.142. The van der Waals surface area contributed by atoms with Crippen molar-refractivity contribution >= 4 is 39.2 Å². The molecule has 3 aromatic heterocycles. The van der Waals surface area contributed by atoms with E-state index in [1.807, 2.05) is 17.9 Å². The van der Waals surface area contributed by atoms with Crippen molar-refractivity contribution in [3.05, 3.63) is 63.9 Å². The van der Waals surface area contributed by atoms with E-state index in [1.54, 1.807) is 11.3 Å². The molecular weight excluding hydrogens is 446 g/mol. The Hall–Kier alpha value is -3.46. The summed E-state index contributed by atoms with van der Waals surface area (Å²) in [5.74, 6) is 2.56. The van der Waals surface area contributed by atoms with Gasteiger partial charge in [0.2, 0.25) is 0 Å². The second-order valence-corrected chi connectivity index (χ2v) is 11.0. The van der Waals surface area contributed by atoms with Crippen molar-refractivity contribution in [2.24, 2.45) is 0 Å². The van der Waals surface area contributed by atoms with Crippen molar-refractivity contribution in [2.45, 2.75) is 58.2 Å². The summed E-state index contributed by atoms with van der Waals surface area (Å²) in [7, 11) is 0. The number of urea groups is 1. The second-order valence-electron chi connectivity index (χ2n) is 9.70. The van der Waals surface area contributed by atoms with Crippen LogP contribution in [0.1, 0.15) is 53.7 Å². The Balaban J connectivity index is 1.22. The number of aromatic amines is 1. The zero-order valence-corrected chi connectivity index (χ0v) is 20.5. The minimum Gasteiger partial charge on any atom is -0.335 e. The monoisotopic (exact) mass is 473 g/mol. The number of amides is 2. The van der Waals surface area contributed by atoms with E-state index in [4.69, 9.17) is 0 Å². The van der Waals surface area contributed by atoms with Crippen molar-refractivity contribution in [1.82, 2.24) is 30.4 Å². The molecule has 2 aliphatic rings. The van der Waals surface area contributed by atoms with Gasteiger partial charge in [0.25, 0.3) is 0 Å². The van der Waals surface area contributed by atoms with Gasteiger partial charge in [-0.25, -0.2) is 14.8 Å². The van der Waals surface area contributed by atoms with E-state index in [0.717, 1.165) is 33.7 Å². The molecule has 0 radical (unpaired) electrons.